The number of rotatable bonds is 4. The van der Waals surface area contributed by atoms with Gasteiger partial charge < -0.3 is 10.1 Å². The molecule has 14 heavy (non-hydrogen) atoms. The van der Waals surface area contributed by atoms with Crippen molar-refractivity contribution in [1.29, 1.82) is 0 Å². The van der Waals surface area contributed by atoms with Crippen molar-refractivity contribution < 1.29 is 14.3 Å². The number of ketones is 1. The summed E-state index contributed by atoms with van der Waals surface area (Å²) in [6, 6.07) is -0.382. The van der Waals surface area contributed by atoms with Crippen molar-refractivity contribution in [3.63, 3.8) is 0 Å². The van der Waals surface area contributed by atoms with Gasteiger partial charge in [-0.1, -0.05) is 0 Å². The Kier molecular flexibility index (Phi) is 3.68. The van der Waals surface area contributed by atoms with E-state index in [4.69, 9.17) is 4.74 Å². The van der Waals surface area contributed by atoms with Gasteiger partial charge in [0.05, 0.1) is 6.61 Å². The van der Waals surface area contributed by atoms with Gasteiger partial charge in [0.1, 0.15) is 6.04 Å². The molecule has 0 aromatic heterocycles. The van der Waals surface area contributed by atoms with Crippen LogP contribution in [0, 0.1) is 0 Å². The van der Waals surface area contributed by atoms with E-state index < -0.39 is 0 Å². The summed E-state index contributed by atoms with van der Waals surface area (Å²) in [6.07, 6.45) is 2.79. The molecule has 0 spiro atoms. The van der Waals surface area contributed by atoms with Crippen LogP contribution in [0.2, 0.25) is 0 Å². The van der Waals surface area contributed by atoms with Gasteiger partial charge in [0.15, 0.2) is 5.78 Å². The van der Waals surface area contributed by atoms with Crippen molar-refractivity contribution in [3.05, 3.63) is 11.8 Å². The van der Waals surface area contributed by atoms with Gasteiger partial charge in [-0.05, 0) is 20.3 Å². The molecule has 0 amide bonds. The fourth-order valence-electron chi connectivity index (χ4n) is 1.31. The third-order valence-electron chi connectivity index (χ3n) is 2.02. The minimum Gasteiger partial charge on any atom is -0.464 e. The van der Waals surface area contributed by atoms with Gasteiger partial charge in [0.2, 0.25) is 0 Å². The van der Waals surface area contributed by atoms with Crippen LogP contribution in [0.5, 0.6) is 0 Å². The Morgan fingerprint density at radius 3 is 2.86 bits per heavy atom. The maximum atomic E-state index is 11.2. The maximum Gasteiger partial charge on any atom is 0.328 e. The number of carbonyl (C=O) groups is 2. The monoisotopic (exact) mass is 197 g/mol. The van der Waals surface area contributed by atoms with Crippen molar-refractivity contribution >= 4 is 11.8 Å². The molecule has 1 N–H and O–H groups in total. The summed E-state index contributed by atoms with van der Waals surface area (Å²) < 4.78 is 4.83. The molecule has 1 atom stereocenters. The molecular formula is C10H15NO3. The average Bonchev–Trinajstić information content (AvgIpc) is 2.51. The van der Waals surface area contributed by atoms with Crippen molar-refractivity contribution in [2.24, 2.45) is 0 Å². The van der Waals surface area contributed by atoms with Crippen LogP contribution in [-0.4, -0.2) is 24.4 Å². The molecule has 0 radical (unpaired) electrons. The summed E-state index contributed by atoms with van der Waals surface area (Å²) in [5.74, 6) is -0.170. The minimum absolute atomic E-state index is 0.114. The number of nitrogens with one attached hydrogen (secondary N) is 1. The first kappa shape index (κ1) is 10.8. The summed E-state index contributed by atoms with van der Waals surface area (Å²) in [7, 11) is 0. The Morgan fingerprint density at radius 2 is 2.36 bits per heavy atom. The molecular weight excluding hydrogens is 182 g/mol. The summed E-state index contributed by atoms with van der Waals surface area (Å²) in [4.78, 5) is 22.1. The van der Waals surface area contributed by atoms with Crippen LogP contribution < -0.4 is 5.32 Å². The van der Waals surface area contributed by atoms with Crippen LogP contribution in [0.4, 0.5) is 0 Å². The lowest BCUT2D eigenvalue weighted by Gasteiger charge is -2.13. The molecule has 1 rings (SSSR count). The lowest BCUT2D eigenvalue weighted by Crippen LogP contribution is -2.34. The predicted molar refractivity (Wildman–Crippen MR) is 51.6 cm³/mol. The molecule has 0 bridgehead atoms. The molecule has 0 saturated heterocycles. The van der Waals surface area contributed by atoms with Crippen LogP contribution >= 0.6 is 0 Å². The standard InChI is InChI=1S/C10H15NO3/c1-3-14-10(13)7(2)11-8-4-5-9(12)6-8/h6-7,11H,3-5H2,1-2H3. The van der Waals surface area contributed by atoms with E-state index in [2.05, 4.69) is 5.32 Å². The highest BCUT2D eigenvalue weighted by atomic mass is 16.5. The molecule has 0 saturated carbocycles. The van der Waals surface area contributed by atoms with E-state index in [0.29, 0.717) is 19.4 Å². The first-order chi connectivity index (χ1) is 6.63. The van der Waals surface area contributed by atoms with E-state index in [0.717, 1.165) is 5.70 Å². The van der Waals surface area contributed by atoms with E-state index in [1.165, 1.54) is 0 Å². The first-order valence-corrected chi connectivity index (χ1v) is 4.80. The molecule has 0 aromatic rings. The molecule has 4 nitrogen and oxygen atoms in total. The fourth-order valence-corrected chi connectivity index (χ4v) is 1.31. The normalized spacial score (nSPS) is 17.6. The number of esters is 1. The summed E-state index contributed by atoms with van der Waals surface area (Å²) in [6.45, 7) is 3.87. The summed E-state index contributed by atoms with van der Waals surface area (Å²) in [5, 5.41) is 2.96. The largest absolute Gasteiger partial charge is 0.464 e. The number of ether oxygens (including phenoxy) is 1. The molecule has 1 aliphatic rings. The first-order valence-electron chi connectivity index (χ1n) is 4.80. The van der Waals surface area contributed by atoms with Crippen LogP contribution in [-0.2, 0) is 14.3 Å². The van der Waals surface area contributed by atoms with E-state index in [1.807, 2.05) is 0 Å². The fraction of sp³-hybridized carbons (Fsp3) is 0.600. The highest BCUT2D eigenvalue weighted by Crippen LogP contribution is 2.12. The van der Waals surface area contributed by atoms with Gasteiger partial charge in [-0.25, -0.2) is 4.79 Å². The lowest BCUT2D eigenvalue weighted by molar-refractivity contribution is -0.144. The van der Waals surface area contributed by atoms with Gasteiger partial charge in [0.25, 0.3) is 0 Å². The molecule has 1 unspecified atom stereocenters. The van der Waals surface area contributed by atoms with Crippen molar-refractivity contribution in [2.75, 3.05) is 6.61 Å². The molecule has 0 fully saturated rings. The molecule has 0 aromatic carbocycles. The minimum atomic E-state index is -0.382. The summed E-state index contributed by atoms with van der Waals surface area (Å²) in [5.41, 5.74) is 0.829. The van der Waals surface area contributed by atoms with Crippen molar-refractivity contribution in [1.82, 2.24) is 5.32 Å². The SMILES string of the molecule is CCOC(=O)C(C)NC1=CC(=O)CC1. The predicted octanol–water partition coefficient (Wildman–Crippen LogP) is 0.774. The van der Waals surface area contributed by atoms with Crippen molar-refractivity contribution in [3.8, 4) is 0 Å². The number of allylic oxidation sites excluding steroid dienone is 2. The molecule has 78 valence electrons. The zero-order chi connectivity index (χ0) is 10.6. The number of hydrogen-bond donors (Lipinski definition) is 1. The Morgan fingerprint density at radius 1 is 1.64 bits per heavy atom. The Labute approximate surface area is 83.3 Å². The second-order valence-electron chi connectivity index (χ2n) is 3.25. The quantitative estimate of drug-likeness (QED) is 0.676. The van der Waals surface area contributed by atoms with Gasteiger partial charge in [-0.3, -0.25) is 4.79 Å². The van der Waals surface area contributed by atoms with Crippen LogP contribution in [0.15, 0.2) is 11.8 Å². The smallest absolute Gasteiger partial charge is 0.328 e. The van der Waals surface area contributed by atoms with Gasteiger partial charge in [0, 0.05) is 18.2 Å². The van der Waals surface area contributed by atoms with Gasteiger partial charge in [-0.15, -0.1) is 0 Å². The zero-order valence-corrected chi connectivity index (χ0v) is 8.50. The topological polar surface area (TPSA) is 55.4 Å². The third kappa shape index (κ3) is 2.87. The summed E-state index contributed by atoms with van der Waals surface area (Å²) >= 11 is 0. The zero-order valence-electron chi connectivity index (χ0n) is 8.50. The Balaban J connectivity index is 2.40. The maximum absolute atomic E-state index is 11.2. The third-order valence-corrected chi connectivity index (χ3v) is 2.02. The van der Waals surface area contributed by atoms with Crippen LogP contribution in [0.3, 0.4) is 0 Å². The van der Waals surface area contributed by atoms with Gasteiger partial charge in [-0.2, -0.15) is 0 Å². The van der Waals surface area contributed by atoms with E-state index in [9.17, 15) is 9.59 Å². The van der Waals surface area contributed by atoms with E-state index in [-0.39, 0.29) is 17.8 Å². The van der Waals surface area contributed by atoms with Crippen LogP contribution in [0.1, 0.15) is 26.7 Å². The average molecular weight is 197 g/mol. The Bertz CT molecular complexity index is 271. The van der Waals surface area contributed by atoms with Crippen LogP contribution in [0.25, 0.3) is 0 Å². The number of carbonyl (C=O) groups excluding carboxylic acids is 2. The highest BCUT2D eigenvalue weighted by molar-refractivity contribution is 5.93. The van der Waals surface area contributed by atoms with Crippen molar-refractivity contribution in [2.45, 2.75) is 32.7 Å². The lowest BCUT2D eigenvalue weighted by atomic mass is 10.3. The number of hydrogen-bond acceptors (Lipinski definition) is 4. The second kappa shape index (κ2) is 4.79. The van der Waals surface area contributed by atoms with E-state index in [1.54, 1.807) is 19.9 Å². The molecule has 1 aliphatic carbocycles. The highest BCUT2D eigenvalue weighted by Gasteiger charge is 2.18. The molecule has 0 heterocycles. The molecule has 4 heteroatoms. The second-order valence-corrected chi connectivity index (χ2v) is 3.25. The van der Waals surface area contributed by atoms with E-state index >= 15 is 0 Å². The molecule has 0 aliphatic heterocycles. The Hall–Kier alpha value is -1.32. The van der Waals surface area contributed by atoms with Gasteiger partial charge >= 0.3 is 5.97 Å².